The number of hydrogen-bond acceptors (Lipinski definition) is 5. The molecule has 0 atom stereocenters. The summed E-state index contributed by atoms with van der Waals surface area (Å²) in [4.78, 5) is 6.58. The highest BCUT2D eigenvalue weighted by Gasteiger charge is 2.08. The maximum Gasteiger partial charge on any atom is 0.149 e. The van der Waals surface area contributed by atoms with Gasteiger partial charge in [-0.25, -0.2) is 4.98 Å². The summed E-state index contributed by atoms with van der Waals surface area (Å²) in [5.74, 6) is 0.977. The zero-order valence-electron chi connectivity index (χ0n) is 10.5. The van der Waals surface area contributed by atoms with Gasteiger partial charge in [-0.3, -0.25) is 0 Å². The Balaban J connectivity index is 2.24. The summed E-state index contributed by atoms with van der Waals surface area (Å²) in [7, 11) is 2.04. The molecule has 2 aromatic heterocycles. The lowest BCUT2D eigenvalue weighted by Gasteiger charge is -2.22. The van der Waals surface area contributed by atoms with Crippen LogP contribution in [0.2, 0.25) is 0 Å². The fraction of sp³-hybridized carbons (Fsp3) is 0.417. The summed E-state index contributed by atoms with van der Waals surface area (Å²) in [6.07, 6.45) is 1.86. The van der Waals surface area contributed by atoms with Gasteiger partial charge in [-0.2, -0.15) is 0 Å². The van der Waals surface area contributed by atoms with Crippen molar-refractivity contribution in [3.8, 4) is 10.6 Å². The van der Waals surface area contributed by atoms with Crippen molar-refractivity contribution in [3.05, 3.63) is 23.3 Å². The highest BCUT2D eigenvalue weighted by Crippen LogP contribution is 2.23. The number of aryl methyl sites for hydroxylation is 1. The Hall–Kier alpha value is -1.49. The molecule has 17 heavy (non-hydrogen) atoms. The van der Waals surface area contributed by atoms with Crippen LogP contribution in [0.5, 0.6) is 0 Å². The molecule has 0 bridgehead atoms. The van der Waals surface area contributed by atoms with Crippen LogP contribution in [-0.4, -0.2) is 28.3 Å². The van der Waals surface area contributed by atoms with Crippen molar-refractivity contribution in [2.45, 2.75) is 26.8 Å². The number of nitrogens with zero attached hydrogens (tertiary/aromatic N) is 4. The average Bonchev–Trinajstić information content (AvgIpc) is 2.75. The first-order chi connectivity index (χ1) is 8.08. The molecule has 0 spiro atoms. The first-order valence-corrected chi connectivity index (χ1v) is 6.39. The van der Waals surface area contributed by atoms with Gasteiger partial charge < -0.3 is 4.90 Å². The quantitative estimate of drug-likeness (QED) is 0.837. The van der Waals surface area contributed by atoms with E-state index >= 15 is 0 Å². The van der Waals surface area contributed by atoms with Crippen LogP contribution in [-0.2, 0) is 0 Å². The van der Waals surface area contributed by atoms with Crippen LogP contribution in [0.25, 0.3) is 10.6 Å². The van der Waals surface area contributed by atoms with Gasteiger partial charge in [0.15, 0.2) is 0 Å². The number of aromatic nitrogens is 3. The van der Waals surface area contributed by atoms with E-state index < -0.39 is 0 Å². The molecule has 4 nitrogen and oxygen atoms in total. The Morgan fingerprint density at radius 3 is 2.47 bits per heavy atom. The van der Waals surface area contributed by atoms with E-state index in [4.69, 9.17) is 0 Å². The molecule has 0 fully saturated rings. The smallest absolute Gasteiger partial charge is 0.149 e. The second kappa shape index (κ2) is 4.79. The third kappa shape index (κ3) is 2.61. The second-order valence-corrected chi connectivity index (χ2v) is 5.42. The normalized spacial score (nSPS) is 10.9. The van der Waals surface area contributed by atoms with Crippen LogP contribution in [0, 0.1) is 6.92 Å². The van der Waals surface area contributed by atoms with E-state index in [-0.39, 0.29) is 0 Å². The standard InChI is InChI=1S/C12H16N4S/c1-8(2)16(4)11-6-5-10(7-13-11)12-15-14-9(3)17-12/h5-8H,1-4H3. The minimum absolute atomic E-state index is 0.442. The molecule has 0 aromatic carbocycles. The topological polar surface area (TPSA) is 41.9 Å². The molecule has 0 aliphatic rings. The maximum absolute atomic E-state index is 4.45. The second-order valence-electron chi connectivity index (χ2n) is 4.24. The lowest BCUT2D eigenvalue weighted by Crippen LogP contribution is -2.26. The molecule has 5 heteroatoms. The van der Waals surface area contributed by atoms with E-state index in [0.717, 1.165) is 21.4 Å². The molecule has 0 radical (unpaired) electrons. The summed E-state index contributed by atoms with van der Waals surface area (Å²) in [6, 6.07) is 4.50. The Labute approximate surface area is 105 Å². The highest BCUT2D eigenvalue weighted by molar-refractivity contribution is 7.14. The number of anilines is 1. The van der Waals surface area contributed by atoms with Crippen LogP contribution < -0.4 is 4.90 Å². The van der Waals surface area contributed by atoms with Gasteiger partial charge in [-0.05, 0) is 32.9 Å². The number of rotatable bonds is 3. The minimum atomic E-state index is 0.442. The maximum atomic E-state index is 4.45. The van der Waals surface area contributed by atoms with Crippen LogP contribution in [0.1, 0.15) is 18.9 Å². The van der Waals surface area contributed by atoms with Crippen molar-refractivity contribution in [1.82, 2.24) is 15.2 Å². The van der Waals surface area contributed by atoms with Gasteiger partial charge in [-0.1, -0.05) is 11.3 Å². The molecule has 0 N–H and O–H groups in total. The van der Waals surface area contributed by atoms with Crippen molar-refractivity contribution < 1.29 is 0 Å². The third-order valence-electron chi connectivity index (χ3n) is 2.66. The Kier molecular flexibility index (Phi) is 3.38. The highest BCUT2D eigenvalue weighted by atomic mass is 32.1. The van der Waals surface area contributed by atoms with Crippen molar-refractivity contribution in [3.63, 3.8) is 0 Å². The monoisotopic (exact) mass is 248 g/mol. The van der Waals surface area contributed by atoms with Crippen molar-refractivity contribution in [2.75, 3.05) is 11.9 Å². The lowest BCUT2D eigenvalue weighted by molar-refractivity contribution is 0.743. The molecule has 0 saturated carbocycles. The van der Waals surface area contributed by atoms with E-state index in [0.29, 0.717) is 6.04 Å². The van der Waals surface area contributed by atoms with Crippen LogP contribution in [0.15, 0.2) is 18.3 Å². The summed E-state index contributed by atoms with van der Waals surface area (Å²) in [5, 5.41) is 10.0. The van der Waals surface area contributed by atoms with Crippen LogP contribution >= 0.6 is 11.3 Å². The molecule has 0 aliphatic carbocycles. The molecular weight excluding hydrogens is 232 g/mol. The van der Waals surface area contributed by atoms with Gasteiger partial charge in [0.25, 0.3) is 0 Å². The molecule has 0 amide bonds. The third-order valence-corrected chi connectivity index (χ3v) is 3.54. The fourth-order valence-electron chi connectivity index (χ4n) is 1.40. The molecule has 0 aliphatic heterocycles. The molecule has 90 valence electrons. The van der Waals surface area contributed by atoms with E-state index in [1.165, 1.54) is 0 Å². The summed E-state index contributed by atoms with van der Waals surface area (Å²) >= 11 is 1.59. The van der Waals surface area contributed by atoms with Crippen molar-refractivity contribution in [1.29, 1.82) is 0 Å². The molecular formula is C12H16N4S. The summed E-state index contributed by atoms with van der Waals surface area (Å²) < 4.78 is 0. The lowest BCUT2D eigenvalue weighted by atomic mass is 10.2. The Morgan fingerprint density at radius 2 is 2.00 bits per heavy atom. The van der Waals surface area contributed by atoms with E-state index in [2.05, 4.69) is 33.9 Å². The molecule has 2 heterocycles. The van der Waals surface area contributed by atoms with Crippen molar-refractivity contribution in [2.24, 2.45) is 0 Å². The van der Waals surface area contributed by atoms with Gasteiger partial charge in [-0.15, -0.1) is 10.2 Å². The van der Waals surface area contributed by atoms with E-state index in [1.54, 1.807) is 11.3 Å². The number of pyridine rings is 1. The summed E-state index contributed by atoms with van der Waals surface area (Å²) in [5.41, 5.74) is 1.02. The van der Waals surface area contributed by atoms with Crippen LogP contribution in [0.3, 0.4) is 0 Å². The van der Waals surface area contributed by atoms with Crippen molar-refractivity contribution >= 4 is 17.2 Å². The zero-order chi connectivity index (χ0) is 12.4. The number of hydrogen-bond donors (Lipinski definition) is 0. The SMILES string of the molecule is Cc1nnc(-c2ccc(N(C)C(C)C)nc2)s1. The van der Waals surface area contributed by atoms with Crippen LogP contribution in [0.4, 0.5) is 5.82 Å². The van der Waals surface area contributed by atoms with E-state index in [1.807, 2.05) is 32.3 Å². The first-order valence-electron chi connectivity index (χ1n) is 5.57. The fourth-order valence-corrected chi connectivity index (χ4v) is 2.08. The van der Waals surface area contributed by atoms with Gasteiger partial charge in [0.05, 0.1) is 0 Å². The predicted molar refractivity (Wildman–Crippen MR) is 71.4 cm³/mol. The molecule has 2 rings (SSSR count). The van der Waals surface area contributed by atoms with E-state index in [9.17, 15) is 0 Å². The zero-order valence-corrected chi connectivity index (χ0v) is 11.3. The summed E-state index contributed by atoms with van der Waals surface area (Å²) in [6.45, 7) is 6.24. The Morgan fingerprint density at radius 1 is 1.24 bits per heavy atom. The first kappa shape index (κ1) is 12.0. The molecule has 2 aromatic rings. The van der Waals surface area contributed by atoms with Gasteiger partial charge in [0.2, 0.25) is 0 Å². The van der Waals surface area contributed by atoms with Gasteiger partial charge in [0.1, 0.15) is 15.8 Å². The molecule has 0 unspecified atom stereocenters. The van der Waals surface area contributed by atoms with Gasteiger partial charge >= 0.3 is 0 Å². The minimum Gasteiger partial charge on any atom is -0.357 e. The Bertz CT molecular complexity index is 489. The van der Waals surface area contributed by atoms with Gasteiger partial charge in [0, 0.05) is 24.8 Å². The molecule has 0 saturated heterocycles. The average molecular weight is 248 g/mol. The predicted octanol–water partition coefficient (Wildman–Crippen LogP) is 2.75. The largest absolute Gasteiger partial charge is 0.357 e.